The van der Waals surface area contributed by atoms with Crippen molar-refractivity contribution in [1.29, 1.82) is 0 Å². The van der Waals surface area contributed by atoms with Crippen molar-refractivity contribution in [3.05, 3.63) is 167 Å². The first-order valence-electron chi connectivity index (χ1n) is 19.4. The molecule has 0 aromatic heterocycles. The number of carbonyl (C=O) groups excluding carboxylic acids is 1. The van der Waals surface area contributed by atoms with Gasteiger partial charge in [-0.1, -0.05) is 150 Å². The molecule has 7 aromatic rings. The Kier molecular flexibility index (Phi) is 8.01. The van der Waals surface area contributed by atoms with Crippen LogP contribution in [0.15, 0.2) is 140 Å². The molecule has 0 atom stereocenters. The Balaban J connectivity index is 1.11. The van der Waals surface area contributed by atoms with Crippen LogP contribution in [0.25, 0.3) is 66.1 Å². The first-order chi connectivity index (χ1) is 26.1. The number of ether oxygens (including phenoxy) is 1. The number of benzene rings is 7. The van der Waals surface area contributed by atoms with E-state index in [-0.39, 0.29) is 16.8 Å². The zero-order valence-corrected chi connectivity index (χ0v) is 32.0. The average Bonchev–Trinajstić information content (AvgIpc) is 3.55. The highest BCUT2D eigenvalue weighted by atomic mass is 16.5. The van der Waals surface area contributed by atoms with Gasteiger partial charge in [-0.25, -0.2) is 4.79 Å². The first-order valence-corrected chi connectivity index (χ1v) is 19.4. The third kappa shape index (κ3) is 5.26. The minimum absolute atomic E-state index is 0.0653. The first kappa shape index (κ1) is 34.1. The van der Waals surface area contributed by atoms with Crippen LogP contribution in [0.4, 0.5) is 0 Å². The van der Waals surface area contributed by atoms with Crippen LogP contribution < -0.4 is 0 Å². The number of hydrogen-bond donors (Lipinski definition) is 0. The molecule has 2 aliphatic rings. The van der Waals surface area contributed by atoms with Crippen LogP contribution in [0.3, 0.4) is 0 Å². The van der Waals surface area contributed by atoms with Gasteiger partial charge in [0.1, 0.15) is 0 Å². The highest BCUT2D eigenvalue weighted by molar-refractivity contribution is 6.21. The van der Waals surface area contributed by atoms with Crippen LogP contribution in [-0.4, -0.2) is 12.6 Å². The molecule has 54 heavy (non-hydrogen) atoms. The van der Waals surface area contributed by atoms with Crippen LogP contribution in [0.1, 0.15) is 75.3 Å². The van der Waals surface area contributed by atoms with Crippen LogP contribution >= 0.6 is 0 Å². The predicted molar refractivity (Wildman–Crippen MR) is 226 cm³/mol. The summed E-state index contributed by atoms with van der Waals surface area (Å²) in [4.78, 5) is 11.8. The molecule has 0 heterocycles. The number of rotatable bonds is 8. The molecule has 0 bridgehead atoms. The lowest BCUT2D eigenvalue weighted by Gasteiger charge is -2.24. The monoisotopic (exact) mass is 702 g/mol. The third-order valence-corrected chi connectivity index (χ3v) is 12.3. The van der Waals surface area contributed by atoms with Gasteiger partial charge in [0.05, 0.1) is 6.61 Å². The smallest absolute Gasteiger partial charge is 0.333 e. The molecular formula is C52H46O2. The standard InChI is InChI=1S/C52H46O2/c1-32(2)50(53)54-28-14-13-15-33-22-25-37-39-27-24-35(31-47(39)52(5,6)45(37)29-33)49-42-19-9-7-17-40(42)48(41-18-8-10-20-43(41)49)34-23-26-38-36-16-11-12-21-44(36)51(3,4)46(38)30-34/h7-12,16-27,29-31H,1,13-15,28H2,2-6H3. The van der Waals surface area contributed by atoms with Crippen molar-refractivity contribution in [3.63, 3.8) is 0 Å². The Bertz CT molecular complexity index is 2630. The second kappa shape index (κ2) is 12.7. The highest BCUT2D eigenvalue weighted by Gasteiger charge is 2.37. The summed E-state index contributed by atoms with van der Waals surface area (Å²) in [6, 6.07) is 48.2. The molecule has 7 aromatic carbocycles. The van der Waals surface area contributed by atoms with Crippen LogP contribution in [0, 0.1) is 0 Å². The van der Waals surface area contributed by atoms with E-state index < -0.39 is 0 Å². The largest absolute Gasteiger partial charge is 0.462 e. The molecule has 0 saturated carbocycles. The second-order valence-corrected chi connectivity index (χ2v) is 16.4. The maximum absolute atomic E-state index is 11.8. The Morgan fingerprint density at radius 1 is 0.537 bits per heavy atom. The Morgan fingerprint density at radius 2 is 0.981 bits per heavy atom. The van der Waals surface area contributed by atoms with E-state index in [1.54, 1.807) is 6.92 Å². The average molecular weight is 703 g/mol. The molecular weight excluding hydrogens is 657 g/mol. The fourth-order valence-corrected chi connectivity index (χ4v) is 9.43. The van der Waals surface area contributed by atoms with E-state index >= 15 is 0 Å². The number of carbonyl (C=O) groups is 1. The summed E-state index contributed by atoms with van der Waals surface area (Å²) < 4.78 is 5.32. The molecule has 2 heteroatoms. The molecule has 0 aliphatic heterocycles. The number of hydrogen-bond acceptors (Lipinski definition) is 2. The van der Waals surface area contributed by atoms with Crippen LogP contribution in [0.5, 0.6) is 0 Å². The van der Waals surface area contributed by atoms with E-state index in [2.05, 4.69) is 162 Å². The fourth-order valence-electron chi connectivity index (χ4n) is 9.43. The minimum atomic E-state index is -0.307. The molecule has 0 saturated heterocycles. The maximum Gasteiger partial charge on any atom is 0.333 e. The van der Waals surface area contributed by atoms with Gasteiger partial charge in [-0.15, -0.1) is 0 Å². The summed E-state index contributed by atoms with van der Waals surface area (Å²) in [7, 11) is 0. The van der Waals surface area contributed by atoms with Crippen molar-refractivity contribution in [2.24, 2.45) is 0 Å². The summed E-state index contributed by atoms with van der Waals surface area (Å²) >= 11 is 0. The second-order valence-electron chi connectivity index (χ2n) is 16.4. The van der Waals surface area contributed by atoms with Crippen molar-refractivity contribution in [2.75, 3.05) is 6.61 Å². The molecule has 266 valence electrons. The topological polar surface area (TPSA) is 26.3 Å². The molecule has 0 unspecified atom stereocenters. The molecule has 0 amide bonds. The molecule has 9 rings (SSSR count). The van der Waals surface area contributed by atoms with Gasteiger partial charge >= 0.3 is 5.97 Å². The number of aryl methyl sites for hydroxylation is 1. The third-order valence-electron chi connectivity index (χ3n) is 12.3. The summed E-state index contributed by atoms with van der Waals surface area (Å²) in [5.41, 5.74) is 17.6. The van der Waals surface area contributed by atoms with E-state index in [0.717, 1.165) is 19.3 Å². The van der Waals surface area contributed by atoms with Gasteiger partial charge in [-0.05, 0) is 132 Å². The van der Waals surface area contributed by atoms with E-state index in [9.17, 15) is 4.79 Å². The predicted octanol–water partition coefficient (Wildman–Crippen LogP) is 13.4. The molecule has 0 fully saturated rings. The van der Waals surface area contributed by atoms with Crippen molar-refractivity contribution >= 4 is 27.5 Å². The lowest BCUT2D eigenvalue weighted by molar-refractivity contribution is -0.139. The molecule has 0 radical (unpaired) electrons. The lowest BCUT2D eigenvalue weighted by Crippen LogP contribution is -2.15. The maximum atomic E-state index is 11.8. The van der Waals surface area contributed by atoms with Gasteiger partial charge in [0.15, 0.2) is 0 Å². The van der Waals surface area contributed by atoms with Gasteiger partial charge in [0, 0.05) is 16.4 Å². The lowest BCUT2D eigenvalue weighted by atomic mass is 9.79. The van der Waals surface area contributed by atoms with Gasteiger partial charge in [0.2, 0.25) is 0 Å². The number of fused-ring (bicyclic) bond motifs is 8. The van der Waals surface area contributed by atoms with Crippen molar-refractivity contribution < 1.29 is 9.53 Å². The number of esters is 1. The van der Waals surface area contributed by atoms with E-state index in [1.807, 2.05) is 0 Å². The quantitative estimate of drug-likeness (QED) is 0.0682. The minimum Gasteiger partial charge on any atom is -0.462 e. The molecule has 2 nitrogen and oxygen atoms in total. The van der Waals surface area contributed by atoms with Crippen molar-refractivity contribution in [1.82, 2.24) is 0 Å². The Morgan fingerprint density at radius 3 is 1.52 bits per heavy atom. The summed E-state index contributed by atoms with van der Waals surface area (Å²) in [6.07, 6.45) is 2.75. The fraction of sp³-hybridized carbons (Fsp3) is 0.212. The summed E-state index contributed by atoms with van der Waals surface area (Å²) in [5, 5.41) is 5.11. The SMILES string of the molecule is C=C(C)C(=O)OCCCCc1ccc2c(c1)C(C)(C)c1cc(-c3c4ccccc4c(-c4ccc5c(c4)C(C)(C)c4ccccc4-5)c4ccccc34)ccc1-2. The summed E-state index contributed by atoms with van der Waals surface area (Å²) in [6.45, 7) is 15.3. The van der Waals surface area contributed by atoms with Crippen molar-refractivity contribution in [3.8, 4) is 44.5 Å². The Hall–Kier alpha value is -5.73. The van der Waals surface area contributed by atoms with E-state index in [4.69, 9.17) is 4.74 Å². The van der Waals surface area contributed by atoms with Crippen LogP contribution in [-0.2, 0) is 26.8 Å². The van der Waals surface area contributed by atoms with Crippen LogP contribution in [0.2, 0.25) is 0 Å². The zero-order valence-electron chi connectivity index (χ0n) is 32.0. The van der Waals surface area contributed by atoms with Gasteiger partial charge < -0.3 is 4.74 Å². The van der Waals surface area contributed by atoms with Gasteiger partial charge in [0.25, 0.3) is 0 Å². The normalized spacial score (nSPS) is 14.4. The molecule has 0 N–H and O–H groups in total. The van der Waals surface area contributed by atoms with E-state index in [0.29, 0.717) is 12.2 Å². The number of unbranched alkanes of at least 4 members (excludes halogenated alkanes) is 1. The van der Waals surface area contributed by atoms with Crippen molar-refractivity contribution in [2.45, 2.75) is 64.7 Å². The Labute approximate surface area is 319 Å². The molecule has 2 aliphatic carbocycles. The van der Waals surface area contributed by atoms with E-state index in [1.165, 1.54) is 93.9 Å². The highest BCUT2D eigenvalue weighted by Crippen LogP contribution is 2.53. The summed E-state index contributed by atoms with van der Waals surface area (Å²) in [5.74, 6) is -0.307. The van der Waals surface area contributed by atoms with Gasteiger partial charge in [-0.3, -0.25) is 0 Å². The molecule has 0 spiro atoms. The zero-order chi connectivity index (χ0) is 37.4. The van der Waals surface area contributed by atoms with Gasteiger partial charge in [-0.2, -0.15) is 0 Å².